The molecule has 84 valence electrons. The van der Waals surface area contributed by atoms with E-state index < -0.39 is 0 Å². The van der Waals surface area contributed by atoms with Crippen molar-refractivity contribution >= 4 is 27.3 Å². The van der Waals surface area contributed by atoms with Gasteiger partial charge in [0.2, 0.25) is 0 Å². The van der Waals surface area contributed by atoms with Gasteiger partial charge in [0.25, 0.3) is 0 Å². The Hall–Kier alpha value is 0.140. The lowest BCUT2D eigenvalue weighted by molar-refractivity contribution is 0.492. The summed E-state index contributed by atoms with van der Waals surface area (Å²) in [6, 6.07) is 4.35. The van der Waals surface area contributed by atoms with Crippen LogP contribution in [0.2, 0.25) is 0 Å². The molecular weight excluding hydrogens is 270 g/mol. The summed E-state index contributed by atoms with van der Waals surface area (Å²) in [6.07, 6.45) is 6.95. The summed E-state index contributed by atoms with van der Waals surface area (Å²) in [5.41, 5.74) is 0. The Kier molecular flexibility index (Phi) is 4.66. The molecule has 1 fully saturated rings. The van der Waals surface area contributed by atoms with E-state index in [0.29, 0.717) is 0 Å². The van der Waals surface area contributed by atoms with Crippen LogP contribution in [0, 0.1) is 5.92 Å². The Labute approximate surface area is 104 Å². The van der Waals surface area contributed by atoms with Crippen molar-refractivity contribution in [2.75, 3.05) is 13.1 Å². The van der Waals surface area contributed by atoms with Crippen LogP contribution in [-0.2, 0) is 6.42 Å². The number of nitrogens with one attached hydrogen (secondary N) is 1. The van der Waals surface area contributed by atoms with E-state index in [2.05, 4.69) is 33.4 Å². The molecule has 0 bridgehead atoms. The van der Waals surface area contributed by atoms with Crippen molar-refractivity contribution in [1.82, 2.24) is 5.32 Å². The molecular formula is C12H18BrNS. The molecule has 0 aromatic carbocycles. The van der Waals surface area contributed by atoms with Crippen molar-refractivity contribution in [1.29, 1.82) is 0 Å². The first-order valence-corrected chi connectivity index (χ1v) is 7.40. The molecule has 1 aliphatic rings. The van der Waals surface area contributed by atoms with Crippen LogP contribution >= 0.6 is 27.3 Å². The monoisotopic (exact) mass is 287 g/mol. The maximum Gasteiger partial charge on any atom is 0.0701 e. The van der Waals surface area contributed by atoms with E-state index in [1.807, 2.05) is 11.3 Å². The smallest absolute Gasteiger partial charge is 0.0701 e. The Bertz CT molecular complexity index is 292. The van der Waals surface area contributed by atoms with Gasteiger partial charge in [0, 0.05) is 4.88 Å². The van der Waals surface area contributed by atoms with E-state index in [1.165, 1.54) is 47.3 Å². The SMILES string of the molecule is Brc1ccc(CCNCC2CCCC2)s1. The largest absolute Gasteiger partial charge is 0.316 e. The van der Waals surface area contributed by atoms with Crippen molar-refractivity contribution in [3.8, 4) is 0 Å². The first-order chi connectivity index (χ1) is 7.34. The molecule has 1 heterocycles. The van der Waals surface area contributed by atoms with Gasteiger partial charge in [0.05, 0.1) is 3.79 Å². The van der Waals surface area contributed by atoms with E-state index in [9.17, 15) is 0 Å². The zero-order chi connectivity index (χ0) is 10.5. The van der Waals surface area contributed by atoms with Gasteiger partial charge in [0.15, 0.2) is 0 Å². The highest BCUT2D eigenvalue weighted by atomic mass is 79.9. The summed E-state index contributed by atoms with van der Waals surface area (Å²) in [7, 11) is 0. The van der Waals surface area contributed by atoms with Gasteiger partial charge in [-0.3, -0.25) is 0 Å². The average Bonchev–Trinajstić information content (AvgIpc) is 2.84. The summed E-state index contributed by atoms with van der Waals surface area (Å²) < 4.78 is 1.24. The lowest BCUT2D eigenvalue weighted by Gasteiger charge is -2.09. The highest BCUT2D eigenvalue weighted by Gasteiger charge is 2.13. The first kappa shape index (κ1) is 11.6. The molecule has 1 aliphatic carbocycles. The van der Waals surface area contributed by atoms with Gasteiger partial charge < -0.3 is 5.32 Å². The lowest BCUT2D eigenvalue weighted by atomic mass is 10.1. The van der Waals surface area contributed by atoms with Crippen molar-refractivity contribution < 1.29 is 0 Å². The van der Waals surface area contributed by atoms with Crippen LogP contribution in [0.4, 0.5) is 0 Å². The normalized spacial score (nSPS) is 17.4. The summed E-state index contributed by atoms with van der Waals surface area (Å²) in [5.74, 6) is 0.958. The number of rotatable bonds is 5. The minimum absolute atomic E-state index is 0.958. The minimum atomic E-state index is 0.958. The summed E-state index contributed by atoms with van der Waals surface area (Å²) in [5, 5.41) is 3.58. The lowest BCUT2D eigenvalue weighted by Crippen LogP contribution is -2.23. The van der Waals surface area contributed by atoms with E-state index in [1.54, 1.807) is 0 Å². The van der Waals surface area contributed by atoms with Gasteiger partial charge in [0.1, 0.15) is 0 Å². The highest BCUT2D eigenvalue weighted by Crippen LogP contribution is 2.24. The molecule has 1 saturated carbocycles. The van der Waals surface area contributed by atoms with Gasteiger partial charge in [-0.05, 0) is 66.3 Å². The van der Waals surface area contributed by atoms with Crippen LogP contribution in [0.25, 0.3) is 0 Å². The van der Waals surface area contributed by atoms with Crippen molar-refractivity contribution in [2.24, 2.45) is 5.92 Å². The van der Waals surface area contributed by atoms with Crippen molar-refractivity contribution in [3.63, 3.8) is 0 Å². The Morgan fingerprint density at radius 3 is 2.80 bits per heavy atom. The number of hydrogen-bond acceptors (Lipinski definition) is 2. The fourth-order valence-corrected chi connectivity index (χ4v) is 3.70. The van der Waals surface area contributed by atoms with Crippen LogP contribution < -0.4 is 5.32 Å². The second-order valence-corrected chi connectivity index (χ2v) is 6.86. The summed E-state index contributed by atoms with van der Waals surface area (Å²) >= 11 is 5.34. The predicted molar refractivity (Wildman–Crippen MR) is 70.6 cm³/mol. The zero-order valence-corrected chi connectivity index (χ0v) is 11.4. The maximum atomic E-state index is 3.58. The number of hydrogen-bond donors (Lipinski definition) is 1. The van der Waals surface area contributed by atoms with Gasteiger partial charge in [-0.15, -0.1) is 11.3 Å². The van der Waals surface area contributed by atoms with Crippen LogP contribution in [0.15, 0.2) is 15.9 Å². The maximum absolute atomic E-state index is 3.58. The molecule has 2 rings (SSSR count). The van der Waals surface area contributed by atoms with Crippen LogP contribution in [0.1, 0.15) is 30.6 Å². The van der Waals surface area contributed by atoms with E-state index in [4.69, 9.17) is 0 Å². The number of thiophene rings is 1. The summed E-state index contributed by atoms with van der Waals surface area (Å²) in [4.78, 5) is 1.47. The first-order valence-electron chi connectivity index (χ1n) is 5.79. The number of halogens is 1. The molecule has 0 amide bonds. The Morgan fingerprint density at radius 1 is 1.33 bits per heavy atom. The third kappa shape index (κ3) is 3.89. The molecule has 1 aromatic heterocycles. The van der Waals surface area contributed by atoms with Gasteiger partial charge in [-0.25, -0.2) is 0 Å². The molecule has 15 heavy (non-hydrogen) atoms. The van der Waals surface area contributed by atoms with Crippen molar-refractivity contribution in [3.05, 3.63) is 20.8 Å². The topological polar surface area (TPSA) is 12.0 Å². The molecule has 0 aliphatic heterocycles. The molecule has 1 nitrogen and oxygen atoms in total. The van der Waals surface area contributed by atoms with Crippen molar-refractivity contribution in [2.45, 2.75) is 32.1 Å². The molecule has 0 saturated heterocycles. The molecule has 0 radical (unpaired) electrons. The third-order valence-corrected chi connectivity index (χ3v) is 4.77. The molecule has 0 spiro atoms. The highest BCUT2D eigenvalue weighted by molar-refractivity contribution is 9.11. The second-order valence-electron chi connectivity index (χ2n) is 4.31. The van der Waals surface area contributed by atoms with Gasteiger partial charge in [-0.1, -0.05) is 12.8 Å². The quantitative estimate of drug-likeness (QED) is 0.812. The Balaban J connectivity index is 1.58. The fraction of sp³-hybridized carbons (Fsp3) is 0.667. The predicted octanol–water partition coefficient (Wildman–Crippen LogP) is 3.83. The van der Waals surface area contributed by atoms with Gasteiger partial charge >= 0.3 is 0 Å². The van der Waals surface area contributed by atoms with Gasteiger partial charge in [-0.2, -0.15) is 0 Å². The standard InChI is InChI=1S/C12H18BrNS/c13-12-6-5-11(15-12)7-8-14-9-10-3-1-2-4-10/h5-6,10,14H,1-4,7-9H2. The van der Waals surface area contributed by atoms with E-state index in [0.717, 1.165) is 12.5 Å². The molecule has 0 unspecified atom stereocenters. The van der Waals surface area contributed by atoms with Crippen LogP contribution in [-0.4, -0.2) is 13.1 Å². The minimum Gasteiger partial charge on any atom is -0.316 e. The third-order valence-electron chi connectivity index (χ3n) is 3.08. The summed E-state index contributed by atoms with van der Waals surface area (Å²) in [6.45, 7) is 2.36. The molecule has 1 N–H and O–H groups in total. The van der Waals surface area contributed by atoms with Crippen LogP contribution in [0.3, 0.4) is 0 Å². The van der Waals surface area contributed by atoms with E-state index >= 15 is 0 Å². The van der Waals surface area contributed by atoms with E-state index in [-0.39, 0.29) is 0 Å². The Morgan fingerprint density at radius 2 is 2.13 bits per heavy atom. The fourth-order valence-electron chi connectivity index (χ4n) is 2.22. The average molecular weight is 288 g/mol. The van der Waals surface area contributed by atoms with Crippen LogP contribution in [0.5, 0.6) is 0 Å². The molecule has 1 aromatic rings. The molecule has 3 heteroatoms. The zero-order valence-electron chi connectivity index (χ0n) is 8.97. The molecule has 0 atom stereocenters. The second kappa shape index (κ2) is 6.02.